The normalized spacial score (nSPS) is 15.0. The van der Waals surface area contributed by atoms with E-state index in [-0.39, 0.29) is 24.0 Å². The third-order valence-corrected chi connectivity index (χ3v) is 5.06. The van der Waals surface area contributed by atoms with Crippen LogP contribution < -0.4 is 10.6 Å². The van der Waals surface area contributed by atoms with Crippen molar-refractivity contribution >= 4 is 41.3 Å². The Labute approximate surface area is 173 Å². The Balaban J connectivity index is 0.00000312. The number of nitrogens with zero attached hydrogens (tertiary/aromatic N) is 2. The zero-order valence-electron chi connectivity index (χ0n) is 15.7. The molecule has 0 unspecified atom stereocenters. The lowest BCUT2D eigenvalue weighted by Gasteiger charge is -2.27. The van der Waals surface area contributed by atoms with Gasteiger partial charge >= 0.3 is 0 Å². The minimum absolute atomic E-state index is 0. The van der Waals surface area contributed by atoms with E-state index in [0.29, 0.717) is 5.92 Å². The molecule has 0 amide bonds. The fraction of sp³-hybridized carbons (Fsp3) is 0.722. The summed E-state index contributed by atoms with van der Waals surface area (Å²) in [6.07, 6.45) is 2.19. The average molecular weight is 480 g/mol. The highest BCUT2D eigenvalue weighted by Crippen LogP contribution is 2.23. The summed E-state index contributed by atoms with van der Waals surface area (Å²) >= 11 is 1.89. The highest BCUT2D eigenvalue weighted by Gasteiger charge is 2.16. The van der Waals surface area contributed by atoms with Crippen molar-refractivity contribution in [1.29, 1.82) is 0 Å². The van der Waals surface area contributed by atoms with Crippen LogP contribution in [-0.4, -0.2) is 57.3 Å². The van der Waals surface area contributed by atoms with E-state index in [4.69, 9.17) is 4.74 Å². The summed E-state index contributed by atoms with van der Waals surface area (Å²) in [7, 11) is 1.82. The van der Waals surface area contributed by atoms with Crippen molar-refractivity contribution in [3.8, 4) is 0 Å². The summed E-state index contributed by atoms with van der Waals surface area (Å²) in [4.78, 5) is 8.36. The molecule has 2 heterocycles. The second-order valence-corrected chi connectivity index (χ2v) is 7.64. The number of nitrogens with one attached hydrogen (secondary N) is 2. The number of hydrogen-bond donors (Lipinski definition) is 2. The lowest BCUT2D eigenvalue weighted by Crippen LogP contribution is -2.42. The molecule has 5 nitrogen and oxygen atoms in total. The summed E-state index contributed by atoms with van der Waals surface area (Å²) < 4.78 is 5.59. The summed E-state index contributed by atoms with van der Waals surface area (Å²) in [6.45, 7) is 11.1. The van der Waals surface area contributed by atoms with E-state index >= 15 is 0 Å². The third kappa shape index (κ3) is 8.70. The van der Waals surface area contributed by atoms with Crippen LogP contribution in [0.2, 0.25) is 0 Å². The van der Waals surface area contributed by atoms with E-state index in [1.54, 1.807) is 4.88 Å². The Hall–Kier alpha value is -0.380. The number of guanidine groups is 1. The van der Waals surface area contributed by atoms with E-state index in [0.717, 1.165) is 58.3 Å². The number of aliphatic imine (C=N–C) groups is 1. The summed E-state index contributed by atoms with van der Waals surface area (Å²) in [5.41, 5.74) is 1.51. The Kier molecular flexibility index (Phi) is 11.7. The lowest BCUT2D eigenvalue weighted by molar-refractivity contribution is 0.108. The van der Waals surface area contributed by atoms with Gasteiger partial charge in [0.15, 0.2) is 5.96 Å². The zero-order chi connectivity index (χ0) is 17.2. The van der Waals surface area contributed by atoms with Crippen molar-refractivity contribution in [2.75, 3.05) is 46.4 Å². The van der Waals surface area contributed by atoms with Crippen molar-refractivity contribution in [3.63, 3.8) is 0 Å². The van der Waals surface area contributed by atoms with Gasteiger partial charge in [-0.3, -0.25) is 9.89 Å². The van der Waals surface area contributed by atoms with Crippen molar-refractivity contribution in [3.05, 3.63) is 21.9 Å². The molecule has 0 spiro atoms. The predicted molar refractivity (Wildman–Crippen MR) is 118 cm³/mol. The topological polar surface area (TPSA) is 48.9 Å². The standard InChI is InChI=1S/C18H32N4OS.HI/c1-15(2)14-23-11-4-7-20-18(19-3)21-8-10-22-9-5-17-16(13-22)6-12-24-17;/h6,12,15H,4-5,7-11,13-14H2,1-3H3,(H2,19,20,21);1H. The van der Waals surface area contributed by atoms with Gasteiger partial charge in [0.05, 0.1) is 0 Å². The Morgan fingerprint density at radius 1 is 1.36 bits per heavy atom. The Bertz CT molecular complexity index is 507. The van der Waals surface area contributed by atoms with Crippen LogP contribution in [-0.2, 0) is 17.7 Å². The summed E-state index contributed by atoms with van der Waals surface area (Å²) in [5.74, 6) is 1.49. The van der Waals surface area contributed by atoms with Gasteiger partial charge in [0, 0.05) is 57.9 Å². The van der Waals surface area contributed by atoms with Crippen LogP contribution in [0.15, 0.2) is 16.4 Å². The molecular weight excluding hydrogens is 447 g/mol. The molecule has 1 aliphatic heterocycles. The number of ether oxygens (including phenoxy) is 1. The van der Waals surface area contributed by atoms with Crippen molar-refractivity contribution in [2.24, 2.45) is 10.9 Å². The molecule has 2 rings (SSSR count). The Morgan fingerprint density at radius 2 is 2.16 bits per heavy atom. The molecule has 0 fully saturated rings. The van der Waals surface area contributed by atoms with Crippen LogP contribution in [0.4, 0.5) is 0 Å². The van der Waals surface area contributed by atoms with Crippen LogP contribution >= 0.6 is 35.3 Å². The van der Waals surface area contributed by atoms with Gasteiger partial charge in [0.1, 0.15) is 0 Å². The number of fused-ring (bicyclic) bond motifs is 1. The Morgan fingerprint density at radius 3 is 2.92 bits per heavy atom. The van der Waals surface area contributed by atoms with E-state index in [1.165, 1.54) is 12.0 Å². The first-order chi connectivity index (χ1) is 11.7. The largest absolute Gasteiger partial charge is 0.381 e. The number of hydrogen-bond acceptors (Lipinski definition) is 4. The van der Waals surface area contributed by atoms with Crippen LogP contribution in [0.5, 0.6) is 0 Å². The molecule has 25 heavy (non-hydrogen) atoms. The van der Waals surface area contributed by atoms with E-state index in [2.05, 4.69) is 45.8 Å². The van der Waals surface area contributed by atoms with Gasteiger partial charge in [-0.15, -0.1) is 35.3 Å². The number of halogens is 1. The highest BCUT2D eigenvalue weighted by molar-refractivity contribution is 14.0. The highest BCUT2D eigenvalue weighted by atomic mass is 127. The van der Waals surface area contributed by atoms with Crippen LogP contribution in [0.1, 0.15) is 30.7 Å². The zero-order valence-corrected chi connectivity index (χ0v) is 18.9. The van der Waals surface area contributed by atoms with Crippen LogP contribution in [0, 0.1) is 5.92 Å². The summed E-state index contributed by atoms with van der Waals surface area (Å²) in [6, 6.07) is 2.27. The minimum atomic E-state index is 0. The molecule has 0 radical (unpaired) electrons. The SMILES string of the molecule is CN=C(NCCCOCC(C)C)NCCN1CCc2sccc2C1.I. The monoisotopic (exact) mass is 480 g/mol. The smallest absolute Gasteiger partial charge is 0.191 e. The maximum Gasteiger partial charge on any atom is 0.191 e. The van der Waals surface area contributed by atoms with Gasteiger partial charge in [0.25, 0.3) is 0 Å². The molecule has 0 saturated heterocycles. The second kappa shape index (κ2) is 12.9. The summed E-state index contributed by atoms with van der Waals surface area (Å²) in [5, 5.41) is 8.96. The average Bonchev–Trinajstić information content (AvgIpc) is 3.03. The van der Waals surface area contributed by atoms with Crippen molar-refractivity contribution in [1.82, 2.24) is 15.5 Å². The van der Waals surface area contributed by atoms with Crippen LogP contribution in [0.25, 0.3) is 0 Å². The minimum Gasteiger partial charge on any atom is -0.381 e. The van der Waals surface area contributed by atoms with E-state index < -0.39 is 0 Å². The first-order valence-corrected chi connectivity index (χ1v) is 9.87. The quantitative estimate of drug-likeness (QED) is 0.247. The maximum absolute atomic E-state index is 5.59. The molecule has 1 aromatic rings. The fourth-order valence-electron chi connectivity index (χ4n) is 2.75. The first-order valence-electron chi connectivity index (χ1n) is 8.99. The van der Waals surface area contributed by atoms with Gasteiger partial charge in [-0.2, -0.15) is 0 Å². The van der Waals surface area contributed by atoms with Gasteiger partial charge < -0.3 is 15.4 Å². The van der Waals surface area contributed by atoms with Crippen LogP contribution in [0.3, 0.4) is 0 Å². The van der Waals surface area contributed by atoms with Crippen molar-refractivity contribution < 1.29 is 4.74 Å². The van der Waals surface area contributed by atoms with Gasteiger partial charge in [-0.1, -0.05) is 13.8 Å². The third-order valence-electron chi connectivity index (χ3n) is 4.04. The molecule has 7 heteroatoms. The molecular formula is C18H33IN4OS. The molecule has 1 aliphatic rings. The molecule has 0 saturated carbocycles. The van der Waals surface area contributed by atoms with E-state index in [9.17, 15) is 0 Å². The van der Waals surface area contributed by atoms with E-state index in [1.807, 2.05) is 18.4 Å². The maximum atomic E-state index is 5.59. The molecule has 1 aromatic heterocycles. The number of thiophene rings is 1. The molecule has 0 atom stereocenters. The van der Waals surface area contributed by atoms with Gasteiger partial charge in [-0.25, -0.2) is 0 Å². The number of rotatable bonds is 9. The molecule has 0 aliphatic carbocycles. The first kappa shape index (κ1) is 22.7. The molecule has 0 bridgehead atoms. The lowest BCUT2D eigenvalue weighted by atomic mass is 10.1. The second-order valence-electron chi connectivity index (χ2n) is 6.64. The van der Waals surface area contributed by atoms with Gasteiger partial charge in [0.2, 0.25) is 0 Å². The molecule has 0 aromatic carbocycles. The van der Waals surface area contributed by atoms with Gasteiger partial charge in [-0.05, 0) is 35.8 Å². The molecule has 144 valence electrons. The molecule has 2 N–H and O–H groups in total. The predicted octanol–water partition coefficient (Wildman–Crippen LogP) is 2.95. The van der Waals surface area contributed by atoms with Crippen molar-refractivity contribution in [2.45, 2.75) is 33.2 Å². The fourth-order valence-corrected chi connectivity index (χ4v) is 3.64.